The Kier molecular flexibility index (Phi) is 2.82. The van der Waals surface area contributed by atoms with Crippen molar-refractivity contribution in [2.75, 3.05) is 0 Å². The molecular weight excluding hydrogens is 284 g/mol. The molecule has 2 aromatic rings. The first-order valence-electron chi connectivity index (χ1n) is 4.19. The molecule has 2 rings (SSSR count). The maximum absolute atomic E-state index is 13.4. The van der Waals surface area contributed by atoms with Gasteiger partial charge in [-0.1, -0.05) is 5.16 Å². The summed E-state index contributed by atoms with van der Waals surface area (Å²) in [5.41, 5.74) is 0.142. The topological polar surface area (TPSA) is 43.1 Å². The van der Waals surface area contributed by atoms with Gasteiger partial charge in [0.25, 0.3) is 0 Å². The number of nitrogens with zero attached hydrogens (tertiary/aromatic N) is 1. The molecule has 0 bridgehead atoms. The average molecular weight is 288 g/mol. The Hall–Kier alpha value is -1.56. The lowest BCUT2D eigenvalue weighted by molar-refractivity contribution is 0.112. The van der Waals surface area contributed by atoms with E-state index in [-0.39, 0.29) is 21.5 Å². The van der Waals surface area contributed by atoms with Gasteiger partial charge in [-0.2, -0.15) is 0 Å². The van der Waals surface area contributed by atoms with Crippen LogP contribution in [0.1, 0.15) is 10.4 Å². The fraction of sp³-hybridized carbons (Fsp3) is 0. The molecule has 0 radical (unpaired) electrons. The second kappa shape index (κ2) is 4.13. The molecule has 0 fully saturated rings. The maximum atomic E-state index is 13.4. The first kappa shape index (κ1) is 10.9. The number of hydrogen-bond acceptors (Lipinski definition) is 3. The van der Waals surface area contributed by atoms with Crippen LogP contribution in [0.5, 0.6) is 0 Å². The molecule has 6 heteroatoms. The van der Waals surface area contributed by atoms with E-state index >= 15 is 0 Å². The molecule has 0 aliphatic rings. The second-order valence-electron chi connectivity index (χ2n) is 2.96. The van der Waals surface area contributed by atoms with E-state index < -0.39 is 11.6 Å². The molecule has 0 saturated carbocycles. The van der Waals surface area contributed by atoms with Gasteiger partial charge in [0, 0.05) is 11.6 Å². The monoisotopic (exact) mass is 287 g/mol. The van der Waals surface area contributed by atoms with Crippen molar-refractivity contribution in [3.8, 4) is 11.3 Å². The van der Waals surface area contributed by atoms with Crippen LogP contribution in [0.25, 0.3) is 11.3 Å². The number of hydrogen-bond donors (Lipinski definition) is 0. The number of aromatic nitrogens is 1. The molecule has 0 aliphatic carbocycles. The van der Waals surface area contributed by atoms with Crippen LogP contribution in [0.15, 0.2) is 27.4 Å². The molecule has 0 aliphatic heterocycles. The van der Waals surface area contributed by atoms with E-state index in [9.17, 15) is 13.6 Å². The van der Waals surface area contributed by atoms with Crippen LogP contribution in [0.3, 0.4) is 0 Å². The molecule has 0 unspecified atom stereocenters. The molecule has 3 nitrogen and oxygen atoms in total. The smallest absolute Gasteiger partial charge is 0.213 e. The van der Waals surface area contributed by atoms with E-state index in [1.807, 2.05) is 0 Å². The minimum Gasteiger partial charge on any atom is -0.348 e. The van der Waals surface area contributed by atoms with Gasteiger partial charge in [0.15, 0.2) is 6.29 Å². The second-order valence-corrected chi connectivity index (χ2v) is 3.68. The van der Waals surface area contributed by atoms with Crippen molar-refractivity contribution in [2.24, 2.45) is 0 Å². The normalized spacial score (nSPS) is 10.4. The molecule has 16 heavy (non-hydrogen) atoms. The molecule has 1 heterocycles. The van der Waals surface area contributed by atoms with Crippen molar-refractivity contribution in [3.05, 3.63) is 40.1 Å². The number of halogens is 3. The van der Waals surface area contributed by atoms with Crippen LogP contribution in [0.4, 0.5) is 8.78 Å². The van der Waals surface area contributed by atoms with E-state index in [4.69, 9.17) is 4.52 Å². The molecule has 1 aromatic heterocycles. The Bertz CT molecular complexity index is 554. The molecule has 0 spiro atoms. The van der Waals surface area contributed by atoms with Crippen molar-refractivity contribution >= 4 is 22.2 Å². The van der Waals surface area contributed by atoms with Crippen molar-refractivity contribution < 1.29 is 18.1 Å². The van der Waals surface area contributed by atoms with Crippen molar-refractivity contribution in [1.82, 2.24) is 5.16 Å². The minimum absolute atomic E-state index is 0.0120. The van der Waals surface area contributed by atoms with E-state index in [2.05, 4.69) is 21.1 Å². The zero-order valence-electron chi connectivity index (χ0n) is 7.71. The van der Waals surface area contributed by atoms with Crippen molar-refractivity contribution in [3.63, 3.8) is 0 Å². The maximum Gasteiger partial charge on any atom is 0.213 e. The number of benzene rings is 1. The van der Waals surface area contributed by atoms with Crippen molar-refractivity contribution in [2.45, 2.75) is 0 Å². The van der Waals surface area contributed by atoms with Gasteiger partial charge < -0.3 is 4.52 Å². The first-order valence-corrected chi connectivity index (χ1v) is 4.98. The van der Waals surface area contributed by atoms with Crippen molar-refractivity contribution in [1.29, 1.82) is 0 Å². The molecule has 0 saturated heterocycles. The van der Waals surface area contributed by atoms with Crippen LogP contribution < -0.4 is 0 Å². The zero-order chi connectivity index (χ0) is 11.7. The van der Waals surface area contributed by atoms with Crippen LogP contribution >= 0.6 is 15.9 Å². The summed E-state index contributed by atoms with van der Waals surface area (Å²) < 4.78 is 30.9. The standard InChI is InChI=1S/C10H4BrF2NO2/c11-10-7(4-15)9(14-16-10)6-2-1-5(12)3-8(6)13/h1-4H. The lowest BCUT2D eigenvalue weighted by Crippen LogP contribution is -1.90. The SMILES string of the molecule is O=Cc1c(-c2ccc(F)cc2F)noc1Br. The van der Waals surface area contributed by atoms with Gasteiger partial charge >= 0.3 is 0 Å². The van der Waals surface area contributed by atoms with Crippen LogP contribution in [-0.2, 0) is 0 Å². The Balaban J connectivity index is 2.63. The molecule has 0 atom stereocenters. The number of rotatable bonds is 2. The highest BCUT2D eigenvalue weighted by molar-refractivity contribution is 9.10. The van der Waals surface area contributed by atoms with Gasteiger partial charge in [0.1, 0.15) is 17.3 Å². The van der Waals surface area contributed by atoms with Gasteiger partial charge in [-0.25, -0.2) is 8.78 Å². The highest BCUT2D eigenvalue weighted by Gasteiger charge is 2.18. The number of aldehydes is 1. The van der Waals surface area contributed by atoms with Gasteiger partial charge in [-0.05, 0) is 28.1 Å². The summed E-state index contributed by atoms with van der Waals surface area (Å²) in [5.74, 6) is -1.50. The minimum atomic E-state index is -0.802. The average Bonchev–Trinajstić information content (AvgIpc) is 2.59. The van der Waals surface area contributed by atoms with E-state index in [1.165, 1.54) is 6.07 Å². The third-order valence-electron chi connectivity index (χ3n) is 1.99. The van der Waals surface area contributed by atoms with E-state index in [0.29, 0.717) is 12.4 Å². The third-order valence-corrected chi connectivity index (χ3v) is 2.56. The van der Waals surface area contributed by atoms with Gasteiger partial charge in [0.05, 0.1) is 5.56 Å². The molecule has 82 valence electrons. The van der Waals surface area contributed by atoms with E-state index in [0.717, 1.165) is 6.07 Å². The third kappa shape index (κ3) is 1.76. The molecule has 0 amide bonds. The Morgan fingerprint density at radius 1 is 1.38 bits per heavy atom. The predicted molar refractivity (Wildman–Crippen MR) is 54.9 cm³/mol. The lowest BCUT2D eigenvalue weighted by atomic mass is 10.1. The summed E-state index contributed by atoms with van der Waals surface area (Å²) in [5, 5.41) is 3.53. The highest BCUT2D eigenvalue weighted by Crippen LogP contribution is 2.29. The van der Waals surface area contributed by atoms with Crippen LogP contribution in [0, 0.1) is 11.6 Å². The van der Waals surface area contributed by atoms with Gasteiger partial charge in [-0.3, -0.25) is 4.79 Å². The highest BCUT2D eigenvalue weighted by atomic mass is 79.9. The number of carbonyl (C=O) groups is 1. The quantitative estimate of drug-likeness (QED) is 0.797. The summed E-state index contributed by atoms with van der Waals surface area (Å²) in [6.07, 6.45) is 0.485. The summed E-state index contributed by atoms with van der Waals surface area (Å²) in [7, 11) is 0. The van der Waals surface area contributed by atoms with Crippen LogP contribution in [-0.4, -0.2) is 11.4 Å². The Labute approximate surface area is 97.2 Å². The lowest BCUT2D eigenvalue weighted by Gasteiger charge is -1.99. The van der Waals surface area contributed by atoms with Gasteiger partial charge in [-0.15, -0.1) is 0 Å². The summed E-state index contributed by atoms with van der Waals surface area (Å²) in [6, 6.07) is 2.99. The molecule has 0 N–H and O–H groups in total. The zero-order valence-corrected chi connectivity index (χ0v) is 9.29. The fourth-order valence-electron chi connectivity index (χ4n) is 1.26. The molecular formula is C10H4BrF2NO2. The fourth-order valence-corrected chi connectivity index (χ4v) is 1.61. The van der Waals surface area contributed by atoms with Crippen LogP contribution in [0.2, 0.25) is 0 Å². The largest absolute Gasteiger partial charge is 0.348 e. The Morgan fingerprint density at radius 3 is 2.75 bits per heavy atom. The predicted octanol–water partition coefficient (Wildman–Crippen LogP) is 3.19. The summed E-state index contributed by atoms with van der Waals surface area (Å²) in [6.45, 7) is 0. The molecule has 1 aromatic carbocycles. The number of carbonyl (C=O) groups excluding carboxylic acids is 1. The Morgan fingerprint density at radius 2 is 2.12 bits per heavy atom. The van der Waals surface area contributed by atoms with E-state index in [1.54, 1.807) is 0 Å². The summed E-state index contributed by atoms with van der Waals surface area (Å²) >= 11 is 2.96. The summed E-state index contributed by atoms with van der Waals surface area (Å²) in [4.78, 5) is 10.7. The first-order chi connectivity index (χ1) is 7.63. The van der Waals surface area contributed by atoms with Gasteiger partial charge in [0.2, 0.25) is 4.67 Å².